The third-order valence-corrected chi connectivity index (χ3v) is 4.74. The van der Waals surface area contributed by atoms with Crippen LogP contribution < -0.4 is 0 Å². The number of aromatic nitrogens is 2. The Bertz CT molecular complexity index is 810. The Balaban J connectivity index is 2.05. The van der Waals surface area contributed by atoms with E-state index in [1.165, 1.54) is 18.9 Å². The van der Waals surface area contributed by atoms with Crippen molar-refractivity contribution in [1.82, 2.24) is 14.7 Å². The number of aryl methyl sites for hydroxylation is 1. The van der Waals surface area contributed by atoms with Gasteiger partial charge in [-0.1, -0.05) is 18.2 Å². The molecule has 1 aromatic carbocycles. The number of benzene rings is 1. The van der Waals surface area contributed by atoms with Crippen LogP contribution in [0.5, 0.6) is 0 Å². The van der Waals surface area contributed by atoms with Crippen LogP contribution in [0.25, 0.3) is 5.69 Å². The van der Waals surface area contributed by atoms with Crippen LogP contribution in [0.1, 0.15) is 40.7 Å². The molecule has 1 atom stereocenters. The van der Waals surface area contributed by atoms with Gasteiger partial charge in [0.15, 0.2) is 5.69 Å². The van der Waals surface area contributed by atoms with Crippen molar-refractivity contribution in [1.29, 1.82) is 0 Å². The largest absolute Gasteiger partial charge is 0.480 e. The zero-order chi connectivity index (χ0) is 17.4. The van der Waals surface area contributed by atoms with Gasteiger partial charge in [-0.05, 0) is 44.7 Å². The maximum atomic E-state index is 12.8. The average Bonchev–Trinajstić information content (AvgIpc) is 3.15. The van der Waals surface area contributed by atoms with Gasteiger partial charge in [-0.25, -0.2) is 9.48 Å². The minimum atomic E-state index is -1.03. The van der Waals surface area contributed by atoms with E-state index in [0.29, 0.717) is 5.69 Å². The summed E-state index contributed by atoms with van der Waals surface area (Å²) in [5.41, 5.74) is 4.43. The maximum absolute atomic E-state index is 12.8. The smallest absolute Gasteiger partial charge is 0.326 e. The molecule has 1 aromatic heterocycles. The fraction of sp³-hybridized carbons (Fsp3) is 0.389. The normalized spacial score (nSPS) is 14.3. The third kappa shape index (κ3) is 2.58. The number of rotatable bonds is 4. The highest BCUT2D eigenvalue weighted by molar-refractivity contribution is 5.96. The van der Waals surface area contributed by atoms with Gasteiger partial charge < -0.3 is 10.0 Å². The van der Waals surface area contributed by atoms with Gasteiger partial charge in [0.25, 0.3) is 5.91 Å². The first kappa shape index (κ1) is 16.2. The summed E-state index contributed by atoms with van der Waals surface area (Å²) >= 11 is 0. The number of nitrogens with zero attached hydrogens (tertiary/aromatic N) is 3. The van der Waals surface area contributed by atoms with E-state index in [1.54, 1.807) is 0 Å². The van der Waals surface area contributed by atoms with Gasteiger partial charge in [-0.3, -0.25) is 4.79 Å². The van der Waals surface area contributed by atoms with Gasteiger partial charge in [0.1, 0.15) is 6.04 Å². The van der Waals surface area contributed by atoms with Crippen molar-refractivity contribution in [3.63, 3.8) is 0 Å². The van der Waals surface area contributed by atoms with E-state index in [1.807, 2.05) is 35.9 Å². The summed E-state index contributed by atoms with van der Waals surface area (Å²) in [5, 5.41) is 13.7. The fourth-order valence-electron chi connectivity index (χ4n) is 3.12. The molecular formula is C18H21N3O3. The van der Waals surface area contributed by atoms with Gasteiger partial charge in [0.05, 0.1) is 5.69 Å². The van der Waals surface area contributed by atoms with Crippen molar-refractivity contribution in [3.05, 3.63) is 46.8 Å². The highest BCUT2D eigenvalue weighted by atomic mass is 16.4. The van der Waals surface area contributed by atoms with Gasteiger partial charge in [0.2, 0.25) is 0 Å². The molecule has 1 unspecified atom stereocenters. The van der Waals surface area contributed by atoms with Crippen LogP contribution in [0.2, 0.25) is 0 Å². The molecule has 126 valence electrons. The van der Waals surface area contributed by atoms with Crippen LogP contribution in [0, 0.1) is 6.92 Å². The summed E-state index contributed by atoms with van der Waals surface area (Å²) in [6.07, 6.45) is 2.66. The van der Waals surface area contributed by atoms with E-state index in [2.05, 4.69) is 5.10 Å². The number of hydrogen-bond acceptors (Lipinski definition) is 3. The molecule has 6 heteroatoms. The van der Waals surface area contributed by atoms with Crippen LogP contribution in [0.15, 0.2) is 24.3 Å². The first-order valence-electron chi connectivity index (χ1n) is 8.08. The predicted molar refractivity (Wildman–Crippen MR) is 89.5 cm³/mol. The summed E-state index contributed by atoms with van der Waals surface area (Å²) in [4.78, 5) is 25.2. The van der Waals surface area contributed by atoms with E-state index in [4.69, 9.17) is 5.11 Å². The third-order valence-electron chi connectivity index (χ3n) is 4.74. The second-order valence-corrected chi connectivity index (χ2v) is 6.26. The Hall–Kier alpha value is -2.63. The number of carbonyl (C=O) groups excluding carboxylic acids is 1. The van der Waals surface area contributed by atoms with Crippen LogP contribution >= 0.6 is 0 Å². The zero-order valence-corrected chi connectivity index (χ0v) is 14.1. The Labute approximate surface area is 140 Å². The average molecular weight is 327 g/mol. The highest BCUT2D eigenvalue weighted by Crippen LogP contribution is 2.29. The number of hydrogen-bond donors (Lipinski definition) is 1. The molecule has 0 spiro atoms. The summed E-state index contributed by atoms with van der Waals surface area (Å²) in [6, 6.07) is 7.03. The fourth-order valence-corrected chi connectivity index (χ4v) is 3.12. The van der Waals surface area contributed by atoms with Crippen molar-refractivity contribution < 1.29 is 14.7 Å². The summed E-state index contributed by atoms with van der Waals surface area (Å²) in [6.45, 7) is 3.51. The van der Waals surface area contributed by atoms with Crippen molar-refractivity contribution in [2.75, 3.05) is 7.05 Å². The minimum absolute atomic E-state index is 0.338. The first-order valence-corrected chi connectivity index (χ1v) is 8.08. The van der Waals surface area contributed by atoms with Gasteiger partial charge in [-0.2, -0.15) is 5.10 Å². The van der Waals surface area contributed by atoms with Gasteiger partial charge in [0, 0.05) is 18.3 Å². The molecule has 1 N–H and O–H groups in total. The van der Waals surface area contributed by atoms with E-state index >= 15 is 0 Å². The number of carboxylic acids is 1. The van der Waals surface area contributed by atoms with Crippen molar-refractivity contribution >= 4 is 11.9 Å². The molecule has 2 aromatic rings. The lowest BCUT2D eigenvalue weighted by molar-refractivity contribution is -0.141. The molecule has 3 rings (SSSR count). The Kier molecular flexibility index (Phi) is 4.13. The monoisotopic (exact) mass is 327 g/mol. The number of carboxylic acid groups (broad SMARTS) is 1. The number of aliphatic carboxylic acids is 1. The van der Waals surface area contributed by atoms with E-state index in [-0.39, 0.29) is 5.91 Å². The number of amides is 1. The quantitative estimate of drug-likeness (QED) is 0.934. The molecule has 0 radical (unpaired) electrons. The standard InChI is InChI=1S/C18H21N3O3/c1-11-7-4-5-9-14(11)21-15-10-6-8-13(15)16(19-21)17(22)20(3)12(2)18(23)24/h4-5,7,9,12H,6,8,10H2,1-3H3,(H,23,24). The number of fused-ring (bicyclic) bond motifs is 1. The molecule has 0 saturated heterocycles. The summed E-state index contributed by atoms with van der Waals surface area (Å²) in [7, 11) is 1.51. The van der Waals surface area contributed by atoms with Gasteiger partial charge >= 0.3 is 5.97 Å². The predicted octanol–water partition coefficient (Wildman–Crippen LogP) is 2.21. The molecule has 1 aliphatic rings. The molecule has 1 amide bonds. The topological polar surface area (TPSA) is 75.4 Å². The first-order chi connectivity index (χ1) is 11.4. The molecule has 1 aliphatic carbocycles. The maximum Gasteiger partial charge on any atom is 0.326 e. The Morgan fingerprint density at radius 1 is 1.29 bits per heavy atom. The number of carbonyl (C=O) groups is 2. The lowest BCUT2D eigenvalue weighted by Gasteiger charge is -2.20. The van der Waals surface area contributed by atoms with Crippen molar-refractivity contribution in [3.8, 4) is 5.69 Å². The van der Waals surface area contributed by atoms with Crippen molar-refractivity contribution in [2.45, 2.75) is 39.2 Å². The molecule has 1 heterocycles. The molecule has 0 saturated carbocycles. The molecule has 24 heavy (non-hydrogen) atoms. The molecule has 6 nitrogen and oxygen atoms in total. The van der Waals surface area contributed by atoms with Crippen molar-refractivity contribution in [2.24, 2.45) is 0 Å². The lowest BCUT2D eigenvalue weighted by atomic mass is 10.1. The highest BCUT2D eigenvalue weighted by Gasteiger charge is 2.31. The Morgan fingerprint density at radius 2 is 2.00 bits per heavy atom. The summed E-state index contributed by atoms with van der Waals surface area (Å²) in [5.74, 6) is -1.36. The van der Waals surface area contributed by atoms with Crippen LogP contribution in [-0.4, -0.2) is 44.8 Å². The number of likely N-dealkylation sites (N-methyl/N-ethyl adjacent to an activating group) is 1. The second kappa shape index (κ2) is 6.11. The number of para-hydroxylation sites is 1. The molecule has 0 fully saturated rings. The summed E-state index contributed by atoms with van der Waals surface area (Å²) < 4.78 is 1.85. The van der Waals surface area contributed by atoms with E-state index in [9.17, 15) is 9.59 Å². The van der Waals surface area contributed by atoms with E-state index < -0.39 is 12.0 Å². The van der Waals surface area contributed by atoms with Crippen LogP contribution in [0.4, 0.5) is 0 Å². The molecule has 0 aliphatic heterocycles. The lowest BCUT2D eigenvalue weighted by Crippen LogP contribution is -2.40. The zero-order valence-electron chi connectivity index (χ0n) is 14.1. The molecule has 0 bridgehead atoms. The van der Waals surface area contributed by atoms with Gasteiger partial charge in [-0.15, -0.1) is 0 Å². The Morgan fingerprint density at radius 3 is 2.67 bits per heavy atom. The van der Waals surface area contributed by atoms with Crippen LogP contribution in [-0.2, 0) is 17.6 Å². The second-order valence-electron chi connectivity index (χ2n) is 6.26. The van der Waals surface area contributed by atoms with Crippen LogP contribution in [0.3, 0.4) is 0 Å². The molecular weight excluding hydrogens is 306 g/mol. The SMILES string of the molecule is Cc1ccccc1-n1nc(C(=O)N(C)C(C)C(=O)O)c2c1CCC2. The minimum Gasteiger partial charge on any atom is -0.480 e. The van der Waals surface area contributed by atoms with E-state index in [0.717, 1.165) is 41.8 Å².